The van der Waals surface area contributed by atoms with Crippen LogP contribution in [0.2, 0.25) is 0 Å². The van der Waals surface area contributed by atoms with E-state index in [2.05, 4.69) is 12.0 Å². The molecule has 1 fully saturated rings. The van der Waals surface area contributed by atoms with Gasteiger partial charge in [-0.25, -0.2) is 9.07 Å². The molecule has 3 rings (SSSR count). The maximum absolute atomic E-state index is 13.1. The molecule has 5 nitrogen and oxygen atoms in total. The lowest BCUT2D eigenvalue weighted by atomic mass is 9.90. The molecule has 1 unspecified atom stereocenters. The lowest BCUT2D eigenvalue weighted by molar-refractivity contribution is 0.0776. The van der Waals surface area contributed by atoms with Crippen LogP contribution in [-0.4, -0.2) is 40.2 Å². The number of hydrogen-bond acceptors (Lipinski definition) is 3. The molecular formula is C18H24ClFN4O. The fourth-order valence-corrected chi connectivity index (χ4v) is 3.23. The zero-order chi connectivity index (χ0) is 17.3. The van der Waals surface area contributed by atoms with Crippen molar-refractivity contribution >= 4 is 18.3 Å². The van der Waals surface area contributed by atoms with E-state index in [0.717, 1.165) is 24.3 Å². The topological polar surface area (TPSA) is 64.2 Å². The molecule has 1 aliphatic heterocycles. The van der Waals surface area contributed by atoms with Crippen LogP contribution in [0, 0.1) is 11.2 Å². The SMILES string of the molecule is CCc1c(C(=O)N2CCC(C)(CN)C2)cnn1-c1ccc(F)cc1.Cl. The van der Waals surface area contributed by atoms with Crippen molar-refractivity contribution in [2.75, 3.05) is 19.6 Å². The van der Waals surface area contributed by atoms with Crippen molar-refractivity contribution in [3.05, 3.63) is 47.5 Å². The van der Waals surface area contributed by atoms with Crippen molar-refractivity contribution in [3.63, 3.8) is 0 Å². The zero-order valence-corrected chi connectivity index (χ0v) is 15.4. The molecule has 1 aliphatic rings. The average molecular weight is 367 g/mol. The summed E-state index contributed by atoms with van der Waals surface area (Å²) < 4.78 is 14.8. The predicted octanol–water partition coefficient (Wildman–Crippen LogP) is 2.81. The molecule has 2 N–H and O–H groups in total. The largest absolute Gasteiger partial charge is 0.338 e. The first-order valence-electron chi connectivity index (χ1n) is 8.29. The first-order chi connectivity index (χ1) is 11.5. The molecule has 0 aliphatic carbocycles. The Morgan fingerprint density at radius 2 is 2.04 bits per heavy atom. The van der Waals surface area contributed by atoms with Gasteiger partial charge in [0, 0.05) is 13.1 Å². The summed E-state index contributed by atoms with van der Waals surface area (Å²) in [4.78, 5) is 14.8. The van der Waals surface area contributed by atoms with E-state index in [9.17, 15) is 9.18 Å². The Balaban J connectivity index is 0.00000225. The molecule has 2 aromatic rings. The Bertz CT molecular complexity index is 746. The molecule has 0 spiro atoms. The van der Waals surface area contributed by atoms with Crippen LogP contribution in [0.1, 0.15) is 36.3 Å². The fraction of sp³-hybridized carbons (Fsp3) is 0.444. The molecule has 25 heavy (non-hydrogen) atoms. The van der Waals surface area contributed by atoms with Gasteiger partial charge in [-0.15, -0.1) is 12.4 Å². The molecule has 0 bridgehead atoms. The third-order valence-corrected chi connectivity index (χ3v) is 4.84. The highest BCUT2D eigenvalue weighted by Gasteiger charge is 2.36. The van der Waals surface area contributed by atoms with Gasteiger partial charge in [-0.05, 0) is 49.1 Å². The van der Waals surface area contributed by atoms with Crippen molar-refractivity contribution in [1.82, 2.24) is 14.7 Å². The zero-order valence-electron chi connectivity index (χ0n) is 14.5. The molecule has 2 heterocycles. The minimum Gasteiger partial charge on any atom is -0.338 e. The molecule has 0 saturated carbocycles. The van der Waals surface area contributed by atoms with Crippen LogP contribution >= 0.6 is 12.4 Å². The number of likely N-dealkylation sites (tertiary alicyclic amines) is 1. The van der Waals surface area contributed by atoms with Crippen molar-refractivity contribution in [2.45, 2.75) is 26.7 Å². The van der Waals surface area contributed by atoms with E-state index in [1.54, 1.807) is 23.0 Å². The van der Waals surface area contributed by atoms with Gasteiger partial charge in [0.25, 0.3) is 5.91 Å². The van der Waals surface area contributed by atoms with Crippen LogP contribution in [0.5, 0.6) is 0 Å². The average Bonchev–Trinajstić information content (AvgIpc) is 3.19. The van der Waals surface area contributed by atoms with Gasteiger partial charge in [-0.2, -0.15) is 5.10 Å². The summed E-state index contributed by atoms with van der Waals surface area (Å²) in [7, 11) is 0. The Morgan fingerprint density at radius 3 is 2.60 bits per heavy atom. The highest BCUT2D eigenvalue weighted by Crippen LogP contribution is 2.30. The lowest BCUT2D eigenvalue weighted by Gasteiger charge is -2.22. The summed E-state index contributed by atoms with van der Waals surface area (Å²) in [5.41, 5.74) is 8.03. The van der Waals surface area contributed by atoms with E-state index < -0.39 is 0 Å². The van der Waals surface area contributed by atoms with Crippen LogP contribution in [0.15, 0.2) is 30.5 Å². The first kappa shape index (κ1) is 19.4. The second kappa shape index (κ2) is 7.54. The maximum Gasteiger partial charge on any atom is 0.257 e. The van der Waals surface area contributed by atoms with Gasteiger partial charge in [0.1, 0.15) is 5.82 Å². The minimum atomic E-state index is -0.293. The summed E-state index contributed by atoms with van der Waals surface area (Å²) in [5.74, 6) is -0.296. The summed E-state index contributed by atoms with van der Waals surface area (Å²) in [6.45, 7) is 6.07. The quantitative estimate of drug-likeness (QED) is 0.904. The van der Waals surface area contributed by atoms with Gasteiger partial charge in [0.2, 0.25) is 0 Å². The number of rotatable bonds is 4. The molecule has 1 amide bonds. The van der Waals surface area contributed by atoms with Gasteiger partial charge in [-0.1, -0.05) is 13.8 Å². The number of amides is 1. The number of benzene rings is 1. The Morgan fingerprint density at radius 1 is 1.36 bits per heavy atom. The molecule has 0 radical (unpaired) electrons. The summed E-state index contributed by atoms with van der Waals surface area (Å²) in [6, 6.07) is 6.12. The van der Waals surface area contributed by atoms with Crippen molar-refractivity contribution in [3.8, 4) is 5.69 Å². The van der Waals surface area contributed by atoms with Gasteiger partial charge in [0.15, 0.2) is 0 Å². The molecule has 1 saturated heterocycles. The third-order valence-electron chi connectivity index (χ3n) is 4.84. The number of halogens is 2. The molecule has 1 atom stereocenters. The van der Waals surface area contributed by atoms with Crippen LogP contribution in [0.25, 0.3) is 5.69 Å². The molecule has 1 aromatic carbocycles. The normalized spacial score (nSPS) is 19.8. The maximum atomic E-state index is 13.1. The standard InChI is InChI=1S/C18H23FN4O.ClH/c1-3-16-15(17(24)22-9-8-18(2,11-20)12-22)10-21-23(16)14-6-4-13(19)5-7-14;/h4-7,10H,3,8-9,11-12,20H2,1-2H3;1H. The Hall–Kier alpha value is -1.92. The smallest absolute Gasteiger partial charge is 0.257 e. The summed E-state index contributed by atoms with van der Waals surface area (Å²) in [6.07, 6.45) is 3.20. The molecule has 136 valence electrons. The van der Waals surface area contributed by atoms with Crippen LogP contribution in [-0.2, 0) is 6.42 Å². The van der Waals surface area contributed by atoms with E-state index in [1.807, 2.05) is 11.8 Å². The lowest BCUT2D eigenvalue weighted by Crippen LogP contribution is -2.34. The Kier molecular flexibility index (Phi) is 5.85. The van der Waals surface area contributed by atoms with Gasteiger partial charge >= 0.3 is 0 Å². The third kappa shape index (κ3) is 3.70. The van der Waals surface area contributed by atoms with Crippen molar-refractivity contribution < 1.29 is 9.18 Å². The monoisotopic (exact) mass is 366 g/mol. The van der Waals surface area contributed by atoms with Crippen molar-refractivity contribution in [1.29, 1.82) is 0 Å². The summed E-state index contributed by atoms with van der Waals surface area (Å²) in [5, 5.41) is 4.36. The number of nitrogens with zero attached hydrogens (tertiary/aromatic N) is 3. The van der Waals surface area contributed by atoms with Crippen molar-refractivity contribution in [2.24, 2.45) is 11.1 Å². The number of aromatic nitrogens is 2. The second-order valence-electron chi connectivity index (χ2n) is 6.74. The van der Waals surface area contributed by atoms with Gasteiger partial charge in [-0.3, -0.25) is 4.79 Å². The highest BCUT2D eigenvalue weighted by molar-refractivity contribution is 5.95. The van der Waals surface area contributed by atoms with E-state index in [1.165, 1.54) is 12.1 Å². The fourth-order valence-electron chi connectivity index (χ4n) is 3.23. The number of hydrogen-bond donors (Lipinski definition) is 1. The van der Waals surface area contributed by atoms with E-state index >= 15 is 0 Å². The van der Waals surface area contributed by atoms with Gasteiger partial charge < -0.3 is 10.6 Å². The predicted molar refractivity (Wildman–Crippen MR) is 97.8 cm³/mol. The van der Waals surface area contributed by atoms with Crippen LogP contribution in [0.4, 0.5) is 4.39 Å². The van der Waals surface area contributed by atoms with E-state index in [-0.39, 0.29) is 29.5 Å². The van der Waals surface area contributed by atoms with Gasteiger partial charge in [0.05, 0.1) is 23.1 Å². The Labute approximate surface area is 153 Å². The van der Waals surface area contributed by atoms with E-state index in [4.69, 9.17) is 5.73 Å². The van der Waals surface area contributed by atoms with E-state index in [0.29, 0.717) is 25.1 Å². The number of carbonyl (C=O) groups is 1. The van der Waals surface area contributed by atoms with Crippen LogP contribution in [0.3, 0.4) is 0 Å². The first-order valence-corrected chi connectivity index (χ1v) is 8.29. The molecule has 7 heteroatoms. The van der Waals surface area contributed by atoms with Crippen LogP contribution < -0.4 is 5.73 Å². The minimum absolute atomic E-state index is 0. The molecular weight excluding hydrogens is 343 g/mol. The molecule has 1 aromatic heterocycles. The second-order valence-corrected chi connectivity index (χ2v) is 6.74. The number of carbonyl (C=O) groups excluding carboxylic acids is 1. The summed E-state index contributed by atoms with van der Waals surface area (Å²) >= 11 is 0. The number of nitrogens with two attached hydrogens (primary N) is 1. The highest BCUT2D eigenvalue weighted by atomic mass is 35.5.